The lowest BCUT2D eigenvalue weighted by molar-refractivity contribution is -0.166. The third kappa shape index (κ3) is 65.0. The molecule has 0 bridgehead atoms. The second-order valence-electron chi connectivity index (χ2n) is 22.3. The first-order valence-electron chi connectivity index (χ1n) is 33.7. The number of hydrogen-bond donors (Lipinski definition) is 0. The zero-order chi connectivity index (χ0) is 57.1. The summed E-state index contributed by atoms with van der Waals surface area (Å²) in [6.07, 6.45) is 90.2. The summed E-state index contributed by atoms with van der Waals surface area (Å²) in [5.41, 5.74) is 0. The van der Waals surface area contributed by atoms with Gasteiger partial charge in [0.2, 0.25) is 0 Å². The van der Waals surface area contributed by atoms with E-state index in [4.69, 9.17) is 14.2 Å². The van der Waals surface area contributed by atoms with Gasteiger partial charge in [0.05, 0.1) is 0 Å². The first-order chi connectivity index (χ1) is 39.0. The van der Waals surface area contributed by atoms with Crippen LogP contribution in [0.5, 0.6) is 0 Å². The molecule has 0 aliphatic carbocycles. The summed E-state index contributed by atoms with van der Waals surface area (Å²) < 4.78 is 16.9. The maximum Gasteiger partial charge on any atom is 0.306 e. The smallest absolute Gasteiger partial charge is 0.306 e. The molecule has 0 amide bonds. The number of ether oxygens (including phenoxy) is 3. The van der Waals surface area contributed by atoms with Gasteiger partial charge >= 0.3 is 17.9 Å². The van der Waals surface area contributed by atoms with Gasteiger partial charge in [0.25, 0.3) is 0 Å². The molecule has 0 heterocycles. The van der Waals surface area contributed by atoms with E-state index in [0.29, 0.717) is 19.3 Å². The zero-order valence-electron chi connectivity index (χ0n) is 52.1. The second-order valence-corrected chi connectivity index (χ2v) is 22.3. The minimum absolute atomic E-state index is 0.103. The van der Waals surface area contributed by atoms with E-state index >= 15 is 0 Å². The lowest BCUT2D eigenvalue weighted by Gasteiger charge is -2.18. The van der Waals surface area contributed by atoms with E-state index in [1.54, 1.807) is 0 Å². The van der Waals surface area contributed by atoms with E-state index < -0.39 is 6.10 Å². The molecule has 0 fully saturated rings. The maximum absolute atomic E-state index is 12.9. The van der Waals surface area contributed by atoms with Gasteiger partial charge in [0.1, 0.15) is 13.2 Å². The molecule has 0 aliphatic heterocycles. The molecule has 0 aromatic carbocycles. The first kappa shape index (κ1) is 75.3. The highest BCUT2D eigenvalue weighted by atomic mass is 16.6. The molecular weight excluding hydrogens is 973 g/mol. The van der Waals surface area contributed by atoms with Gasteiger partial charge in [-0.05, 0) is 109 Å². The van der Waals surface area contributed by atoms with E-state index in [1.165, 1.54) is 193 Å². The van der Waals surface area contributed by atoms with Crippen molar-refractivity contribution in [2.45, 2.75) is 335 Å². The van der Waals surface area contributed by atoms with Crippen LogP contribution in [0, 0.1) is 0 Å². The quantitative estimate of drug-likeness (QED) is 0.0261. The molecule has 79 heavy (non-hydrogen) atoms. The molecule has 0 saturated carbocycles. The Kier molecular flexibility index (Phi) is 63.7. The Hall–Kier alpha value is -3.67. The van der Waals surface area contributed by atoms with Gasteiger partial charge in [-0.3, -0.25) is 14.4 Å². The van der Waals surface area contributed by atoms with Crippen LogP contribution in [0.1, 0.15) is 329 Å². The summed E-state index contributed by atoms with van der Waals surface area (Å²) >= 11 is 0. The van der Waals surface area contributed by atoms with E-state index in [2.05, 4.69) is 112 Å². The van der Waals surface area contributed by atoms with E-state index in [1.807, 2.05) is 6.08 Å². The van der Waals surface area contributed by atoms with E-state index in [9.17, 15) is 14.4 Å². The number of allylic oxidation sites excluding steroid dienone is 16. The normalized spacial score (nSPS) is 12.7. The number of hydrogen-bond acceptors (Lipinski definition) is 6. The Morgan fingerprint density at radius 1 is 0.266 bits per heavy atom. The molecule has 454 valence electrons. The fraction of sp³-hybridized carbons (Fsp3) is 0.740. The number of carbonyl (C=O) groups excluding carboxylic acids is 3. The van der Waals surface area contributed by atoms with Crippen molar-refractivity contribution >= 4 is 17.9 Å². The van der Waals surface area contributed by atoms with Gasteiger partial charge in [0.15, 0.2) is 6.10 Å². The van der Waals surface area contributed by atoms with Gasteiger partial charge in [-0.25, -0.2) is 0 Å². The highest BCUT2D eigenvalue weighted by molar-refractivity contribution is 5.71. The number of carbonyl (C=O) groups is 3. The molecule has 0 aromatic rings. The molecule has 1 atom stereocenters. The maximum atomic E-state index is 12.9. The van der Waals surface area contributed by atoms with Crippen molar-refractivity contribution in [3.05, 3.63) is 97.2 Å². The van der Waals surface area contributed by atoms with Crippen molar-refractivity contribution in [1.29, 1.82) is 0 Å². The van der Waals surface area contributed by atoms with Gasteiger partial charge in [0, 0.05) is 19.3 Å². The molecule has 0 aliphatic rings. The standard InChI is InChI=1S/C73H126O6/c1-4-7-10-13-16-19-22-25-27-29-31-32-33-34-35-36-37-38-39-40-42-43-45-48-51-54-57-60-63-66-72(75)78-69-70(68-77-71(74)65-62-59-56-53-50-47-24-21-18-15-12-9-6-3)79-73(76)67-64-61-58-55-52-49-46-44-41-30-28-26-23-20-17-14-11-8-5-2/h9,12,17-18,20-21,26,28-29,31,41,44,47,50,56,59,70H,4-8,10-11,13-16,19,22-25,27,30,32-40,42-43,45-46,48-49,51-55,57-58,60-69H2,1-3H3/b12-9-,20-17-,21-18-,28-26-,31-29-,44-41-,50-47-,59-56-. The summed E-state index contributed by atoms with van der Waals surface area (Å²) in [7, 11) is 0. The van der Waals surface area contributed by atoms with Crippen molar-refractivity contribution in [2.24, 2.45) is 0 Å². The molecule has 1 unspecified atom stereocenters. The molecule has 6 heteroatoms. The Bertz CT molecular complexity index is 1540. The summed E-state index contributed by atoms with van der Waals surface area (Å²) in [5, 5.41) is 0. The molecule has 0 aromatic heterocycles. The molecule has 0 rings (SSSR count). The second kappa shape index (κ2) is 66.8. The highest BCUT2D eigenvalue weighted by Crippen LogP contribution is 2.17. The molecule has 0 N–H and O–H groups in total. The van der Waals surface area contributed by atoms with Crippen molar-refractivity contribution in [3.8, 4) is 0 Å². The van der Waals surface area contributed by atoms with Crippen LogP contribution < -0.4 is 0 Å². The third-order valence-corrected chi connectivity index (χ3v) is 14.6. The van der Waals surface area contributed by atoms with Gasteiger partial charge < -0.3 is 14.2 Å². The minimum atomic E-state index is -0.815. The topological polar surface area (TPSA) is 78.9 Å². The molecular formula is C73H126O6. The monoisotopic (exact) mass is 1100 g/mol. The number of unbranched alkanes of at least 4 members (excludes halogenated alkanes) is 34. The molecule has 0 radical (unpaired) electrons. The SMILES string of the molecule is CC/C=C\C/C=C\C/C=C\C/C=C\CCC(=O)OCC(COC(=O)CCCCCCCCCCCCCCCCCCC/C=C\CCCCCCCCCC)OC(=O)CCCCCCCC/C=C\C/C=C\C/C=C\CCCCC. The number of esters is 3. The van der Waals surface area contributed by atoms with Crippen molar-refractivity contribution in [1.82, 2.24) is 0 Å². The molecule has 0 spiro atoms. The number of rotatable bonds is 61. The minimum Gasteiger partial charge on any atom is -0.462 e. The van der Waals surface area contributed by atoms with Crippen LogP contribution in [-0.2, 0) is 28.6 Å². The average molecular weight is 1100 g/mol. The van der Waals surface area contributed by atoms with Crippen LogP contribution in [0.3, 0.4) is 0 Å². The molecule has 0 saturated heterocycles. The van der Waals surface area contributed by atoms with Crippen LogP contribution in [0.4, 0.5) is 0 Å². The lowest BCUT2D eigenvalue weighted by atomic mass is 10.0. The van der Waals surface area contributed by atoms with Gasteiger partial charge in [-0.1, -0.05) is 298 Å². The predicted octanol–water partition coefficient (Wildman–Crippen LogP) is 23.2. The molecule has 6 nitrogen and oxygen atoms in total. The largest absolute Gasteiger partial charge is 0.462 e. The lowest BCUT2D eigenvalue weighted by Crippen LogP contribution is -2.30. The summed E-state index contributed by atoms with van der Waals surface area (Å²) in [6.45, 7) is 6.45. The van der Waals surface area contributed by atoms with E-state index in [0.717, 1.165) is 89.9 Å². The Balaban J connectivity index is 4.28. The average Bonchev–Trinajstić information content (AvgIpc) is 3.45. The third-order valence-electron chi connectivity index (χ3n) is 14.6. The van der Waals surface area contributed by atoms with Gasteiger partial charge in [-0.15, -0.1) is 0 Å². The van der Waals surface area contributed by atoms with Crippen LogP contribution in [0.15, 0.2) is 97.2 Å². The predicted molar refractivity (Wildman–Crippen MR) is 344 cm³/mol. The summed E-state index contributed by atoms with van der Waals surface area (Å²) in [4.78, 5) is 38.3. The van der Waals surface area contributed by atoms with E-state index in [-0.39, 0.29) is 37.5 Å². The Labute approximate surface area is 489 Å². The van der Waals surface area contributed by atoms with Crippen LogP contribution in [-0.4, -0.2) is 37.2 Å². The van der Waals surface area contributed by atoms with Crippen molar-refractivity contribution in [3.63, 3.8) is 0 Å². The fourth-order valence-corrected chi connectivity index (χ4v) is 9.52. The van der Waals surface area contributed by atoms with Gasteiger partial charge in [-0.2, -0.15) is 0 Å². The Morgan fingerprint density at radius 2 is 0.519 bits per heavy atom. The summed E-state index contributed by atoms with van der Waals surface area (Å²) in [5.74, 6) is -0.991. The zero-order valence-corrected chi connectivity index (χ0v) is 52.1. The van der Waals surface area contributed by atoms with Crippen LogP contribution in [0.2, 0.25) is 0 Å². The van der Waals surface area contributed by atoms with Crippen molar-refractivity contribution in [2.75, 3.05) is 13.2 Å². The highest BCUT2D eigenvalue weighted by Gasteiger charge is 2.19. The van der Waals surface area contributed by atoms with Crippen LogP contribution in [0.25, 0.3) is 0 Å². The first-order valence-corrected chi connectivity index (χ1v) is 33.7. The van der Waals surface area contributed by atoms with Crippen LogP contribution >= 0.6 is 0 Å². The summed E-state index contributed by atoms with van der Waals surface area (Å²) in [6, 6.07) is 0. The Morgan fingerprint density at radius 3 is 0.886 bits per heavy atom. The van der Waals surface area contributed by atoms with Crippen molar-refractivity contribution < 1.29 is 28.6 Å². The fourth-order valence-electron chi connectivity index (χ4n) is 9.52.